The standard InChI is InChI=1S/C23H28N6O4/c1-23(2,3)33-22(31)25-10-9-24-19-18-17(11-26-20(18)28-14-27-19)21(30)29-12-16(13-29)32-15-7-5-4-6-8-15/h4-8,11,14,16H,9-10,12-13H2,1-3H3,(H,25,31)(H2,24,26,27,28). The number of rotatable bonds is 7. The molecular weight excluding hydrogens is 424 g/mol. The van der Waals surface area contributed by atoms with E-state index in [2.05, 4.69) is 25.6 Å². The minimum atomic E-state index is -0.557. The third-order valence-electron chi connectivity index (χ3n) is 4.97. The summed E-state index contributed by atoms with van der Waals surface area (Å²) in [6.07, 6.45) is 2.55. The number of benzene rings is 1. The Balaban J connectivity index is 1.35. The molecule has 0 bridgehead atoms. The highest BCUT2D eigenvalue weighted by atomic mass is 16.6. The number of carbonyl (C=O) groups is 2. The van der Waals surface area contributed by atoms with Crippen LogP contribution in [0.4, 0.5) is 10.6 Å². The Morgan fingerprint density at radius 3 is 2.64 bits per heavy atom. The first-order chi connectivity index (χ1) is 15.8. The van der Waals surface area contributed by atoms with E-state index >= 15 is 0 Å². The zero-order valence-electron chi connectivity index (χ0n) is 18.9. The maximum atomic E-state index is 13.1. The molecule has 2 aromatic heterocycles. The minimum Gasteiger partial charge on any atom is -0.487 e. The van der Waals surface area contributed by atoms with Crippen LogP contribution in [0.1, 0.15) is 31.1 Å². The molecule has 10 heteroatoms. The molecule has 2 amide bonds. The number of hydrogen-bond acceptors (Lipinski definition) is 7. The first kappa shape index (κ1) is 22.4. The third kappa shape index (κ3) is 5.51. The van der Waals surface area contributed by atoms with Crippen LogP contribution in [-0.4, -0.2) is 69.7 Å². The zero-order chi connectivity index (χ0) is 23.4. The number of fused-ring (bicyclic) bond motifs is 1. The smallest absolute Gasteiger partial charge is 0.407 e. The van der Waals surface area contributed by atoms with Gasteiger partial charge in [-0.05, 0) is 32.9 Å². The van der Waals surface area contributed by atoms with Crippen LogP contribution in [0.2, 0.25) is 0 Å². The molecule has 1 aliphatic heterocycles. The summed E-state index contributed by atoms with van der Waals surface area (Å²) in [7, 11) is 0. The topological polar surface area (TPSA) is 121 Å². The van der Waals surface area contributed by atoms with E-state index in [1.807, 2.05) is 30.3 Å². The van der Waals surface area contributed by atoms with Crippen LogP contribution in [0.25, 0.3) is 11.0 Å². The van der Waals surface area contributed by atoms with Crippen molar-refractivity contribution in [2.45, 2.75) is 32.5 Å². The highest BCUT2D eigenvalue weighted by Crippen LogP contribution is 2.27. The lowest BCUT2D eigenvalue weighted by Crippen LogP contribution is -2.56. The number of carbonyl (C=O) groups excluding carboxylic acids is 2. The van der Waals surface area contributed by atoms with Crippen LogP contribution in [0.5, 0.6) is 5.75 Å². The molecule has 0 atom stereocenters. The number of likely N-dealkylation sites (tertiary alicyclic amines) is 1. The van der Waals surface area contributed by atoms with Gasteiger partial charge in [0.2, 0.25) is 0 Å². The number of anilines is 1. The van der Waals surface area contributed by atoms with Gasteiger partial charge < -0.3 is 30.0 Å². The fourth-order valence-corrected chi connectivity index (χ4v) is 3.47. The van der Waals surface area contributed by atoms with Crippen molar-refractivity contribution in [2.75, 3.05) is 31.5 Å². The second-order valence-electron chi connectivity index (χ2n) is 8.77. The van der Waals surface area contributed by atoms with Gasteiger partial charge in [-0.15, -0.1) is 0 Å². The van der Waals surface area contributed by atoms with Gasteiger partial charge in [0.25, 0.3) is 5.91 Å². The quantitative estimate of drug-likeness (QED) is 0.471. The number of ether oxygens (including phenoxy) is 2. The molecule has 3 N–H and O–H groups in total. The van der Waals surface area contributed by atoms with Crippen LogP contribution in [-0.2, 0) is 4.74 Å². The van der Waals surface area contributed by atoms with Crippen molar-refractivity contribution >= 4 is 28.9 Å². The Morgan fingerprint density at radius 1 is 1.15 bits per heavy atom. The van der Waals surface area contributed by atoms with E-state index in [1.165, 1.54) is 6.33 Å². The monoisotopic (exact) mass is 452 g/mol. The van der Waals surface area contributed by atoms with Crippen LogP contribution >= 0.6 is 0 Å². The van der Waals surface area contributed by atoms with Crippen molar-refractivity contribution in [3.05, 3.63) is 48.4 Å². The van der Waals surface area contributed by atoms with E-state index in [0.29, 0.717) is 48.6 Å². The normalized spacial score (nSPS) is 14.0. The van der Waals surface area contributed by atoms with E-state index in [9.17, 15) is 9.59 Å². The van der Waals surface area contributed by atoms with E-state index in [1.54, 1.807) is 31.9 Å². The van der Waals surface area contributed by atoms with Gasteiger partial charge in [-0.3, -0.25) is 4.79 Å². The molecule has 4 rings (SSSR count). The lowest BCUT2D eigenvalue weighted by atomic mass is 10.1. The number of hydrogen-bond donors (Lipinski definition) is 3. The van der Waals surface area contributed by atoms with Crippen molar-refractivity contribution < 1.29 is 19.1 Å². The number of alkyl carbamates (subject to hydrolysis) is 1. The third-order valence-corrected chi connectivity index (χ3v) is 4.97. The molecule has 0 unspecified atom stereocenters. The molecule has 174 valence electrons. The molecule has 1 aliphatic rings. The summed E-state index contributed by atoms with van der Waals surface area (Å²) >= 11 is 0. The van der Waals surface area contributed by atoms with E-state index in [-0.39, 0.29) is 12.0 Å². The van der Waals surface area contributed by atoms with Gasteiger partial charge in [0.05, 0.1) is 24.0 Å². The Kier molecular flexibility index (Phi) is 6.34. The number of aromatic nitrogens is 3. The summed E-state index contributed by atoms with van der Waals surface area (Å²) in [6.45, 7) is 7.18. The average Bonchev–Trinajstić information content (AvgIpc) is 3.17. The molecular formula is C23H28N6O4. The molecule has 0 radical (unpaired) electrons. The summed E-state index contributed by atoms with van der Waals surface area (Å²) in [5.74, 6) is 1.20. The predicted molar refractivity (Wildman–Crippen MR) is 123 cm³/mol. The van der Waals surface area contributed by atoms with Crippen LogP contribution in [0.15, 0.2) is 42.9 Å². The van der Waals surface area contributed by atoms with Crippen molar-refractivity contribution in [3.63, 3.8) is 0 Å². The lowest BCUT2D eigenvalue weighted by Gasteiger charge is -2.38. The number of amides is 2. The fourth-order valence-electron chi connectivity index (χ4n) is 3.47. The predicted octanol–water partition coefficient (Wildman–Crippen LogP) is 2.80. The van der Waals surface area contributed by atoms with Gasteiger partial charge in [-0.25, -0.2) is 14.8 Å². The van der Waals surface area contributed by atoms with Gasteiger partial charge in [0.1, 0.15) is 35.2 Å². The molecule has 0 spiro atoms. The number of H-pyrrole nitrogens is 1. The molecule has 0 saturated carbocycles. The molecule has 0 aliphatic carbocycles. The lowest BCUT2D eigenvalue weighted by molar-refractivity contribution is 0.0179. The SMILES string of the molecule is CC(C)(C)OC(=O)NCCNc1ncnc2[nH]cc(C(=O)N3CC(Oc4ccccc4)C3)c12. The summed E-state index contributed by atoms with van der Waals surface area (Å²) in [5, 5.41) is 6.47. The van der Waals surface area contributed by atoms with Crippen molar-refractivity contribution in [2.24, 2.45) is 0 Å². The van der Waals surface area contributed by atoms with Gasteiger partial charge in [-0.1, -0.05) is 18.2 Å². The molecule has 3 aromatic rings. The van der Waals surface area contributed by atoms with Crippen molar-refractivity contribution in [1.82, 2.24) is 25.2 Å². The highest BCUT2D eigenvalue weighted by molar-refractivity contribution is 6.09. The second kappa shape index (κ2) is 9.35. The first-order valence-electron chi connectivity index (χ1n) is 10.8. The van der Waals surface area contributed by atoms with Crippen molar-refractivity contribution in [1.29, 1.82) is 0 Å². The molecule has 1 saturated heterocycles. The summed E-state index contributed by atoms with van der Waals surface area (Å²) in [5.41, 5.74) is 0.499. The van der Waals surface area contributed by atoms with Gasteiger partial charge >= 0.3 is 6.09 Å². The molecule has 1 fully saturated rings. The van der Waals surface area contributed by atoms with Crippen LogP contribution < -0.4 is 15.4 Å². The first-order valence-corrected chi connectivity index (χ1v) is 10.8. The molecule has 1 aromatic carbocycles. The zero-order valence-corrected chi connectivity index (χ0v) is 18.9. The summed E-state index contributed by atoms with van der Waals surface area (Å²) < 4.78 is 11.1. The van der Waals surface area contributed by atoms with Gasteiger partial charge in [0, 0.05) is 19.3 Å². The summed E-state index contributed by atoms with van der Waals surface area (Å²) in [4.78, 5) is 38.2. The average molecular weight is 453 g/mol. The Morgan fingerprint density at radius 2 is 1.91 bits per heavy atom. The van der Waals surface area contributed by atoms with Gasteiger partial charge in [0.15, 0.2) is 0 Å². The van der Waals surface area contributed by atoms with Crippen molar-refractivity contribution in [3.8, 4) is 5.75 Å². The van der Waals surface area contributed by atoms with E-state index in [0.717, 1.165) is 5.75 Å². The van der Waals surface area contributed by atoms with Crippen LogP contribution in [0, 0.1) is 0 Å². The second-order valence-corrected chi connectivity index (χ2v) is 8.77. The molecule has 10 nitrogen and oxygen atoms in total. The number of nitrogens with one attached hydrogen (secondary N) is 3. The van der Waals surface area contributed by atoms with Crippen LogP contribution in [0.3, 0.4) is 0 Å². The maximum Gasteiger partial charge on any atom is 0.407 e. The fraction of sp³-hybridized carbons (Fsp3) is 0.391. The Bertz CT molecular complexity index is 1120. The largest absolute Gasteiger partial charge is 0.487 e. The minimum absolute atomic E-state index is 0.0330. The Labute approximate surface area is 191 Å². The molecule has 33 heavy (non-hydrogen) atoms. The van der Waals surface area contributed by atoms with E-state index in [4.69, 9.17) is 9.47 Å². The van der Waals surface area contributed by atoms with E-state index < -0.39 is 11.7 Å². The number of para-hydroxylation sites is 1. The summed E-state index contributed by atoms with van der Waals surface area (Å²) in [6, 6.07) is 9.57. The molecule has 3 heterocycles. The number of aromatic amines is 1. The maximum absolute atomic E-state index is 13.1. The highest BCUT2D eigenvalue weighted by Gasteiger charge is 2.34. The Hall–Kier alpha value is -3.82. The van der Waals surface area contributed by atoms with Gasteiger partial charge in [-0.2, -0.15) is 0 Å². The number of nitrogens with zero attached hydrogens (tertiary/aromatic N) is 3.